The Bertz CT molecular complexity index is 1280. The molecule has 0 spiro atoms. The number of benzene rings is 1. The zero-order valence-electron chi connectivity index (χ0n) is 25.4. The highest BCUT2D eigenvalue weighted by Gasteiger charge is 2.54. The number of amides is 3. The number of carboxylic acids is 1. The van der Waals surface area contributed by atoms with Gasteiger partial charge in [-0.1, -0.05) is 56.4 Å². The first kappa shape index (κ1) is 30.8. The number of ether oxygens (including phenoxy) is 1. The van der Waals surface area contributed by atoms with Crippen molar-refractivity contribution in [2.75, 3.05) is 18.5 Å². The number of aromatic nitrogens is 2. The van der Waals surface area contributed by atoms with E-state index in [-0.39, 0.29) is 30.2 Å². The number of carbonyl (C=O) groups is 3. The van der Waals surface area contributed by atoms with Gasteiger partial charge in [-0.15, -0.1) is 0 Å². The van der Waals surface area contributed by atoms with E-state index in [2.05, 4.69) is 40.5 Å². The molecule has 4 rings (SSSR count). The van der Waals surface area contributed by atoms with Crippen molar-refractivity contribution in [1.82, 2.24) is 20.4 Å². The number of anilines is 1. The molecule has 0 saturated heterocycles. The maximum Gasteiger partial charge on any atom is 0.319 e. The van der Waals surface area contributed by atoms with Crippen molar-refractivity contribution in [2.45, 2.75) is 96.2 Å². The van der Waals surface area contributed by atoms with Gasteiger partial charge in [0.25, 0.3) is 0 Å². The molecule has 0 bridgehead atoms. The SMILES string of the molecule is CC(C)(CCOCC(NC(=O)N1Cc2c(NC(=O)C3([Si](C)(C)C)CCC3)n[nH]c2C1(C)C)c1ccccc1)C(=O)O. The lowest BCUT2D eigenvalue weighted by molar-refractivity contribution is -0.148. The molecule has 224 valence electrons. The summed E-state index contributed by atoms with van der Waals surface area (Å²) in [6.45, 7) is 14.7. The second-order valence-electron chi connectivity index (χ2n) is 13.6. The van der Waals surface area contributed by atoms with Crippen molar-refractivity contribution in [3.8, 4) is 0 Å². The van der Waals surface area contributed by atoms with Gasteiger partial charge in [0.2, 0.25) is 5.91 Å². The zero-order valence-corrected chi connectivity index (χ0v) is 26.4. The molecule has 1 aliphatic heterocycles. The summed E-state index contributed by atoms with van der Waals surface area (Å²) in [6, 6.07) is 8.88. The van der Waals surface area contributed by atoms with E-state index >= 15 is 0 Å². The minimum atomic E-state index is -1.75. The molecule has 10 nitrogen and oxygen atoms in total. The number of fused-ring (bicyclic) bond motifs is 1. The molecule has 2 heterocycles. The van der Waals surface area contributed by atoms with Gasteiger partial charge in [-0.05, 0) is 52.5 Å². The lowest BCUT2D eigenvalue weighted by Gasteiger charge is -2.48. The van der Waals surface area contributed by atoms with Crippen LogP contribution in [0.1, 0.15) is 76.2 Å². The second-order valence-corrected chi connectivity index (χ2v) is 19.1. The Morgan fingerprint density at radius 3 is 2.39 bits per heavy atom. The summed E-state index contributed by atoms with van der Waals surface area (Å²) >= 11 is 0. The molecule has 4 N–H and O–H groups in total. The van der Waals surface area contributed by atoms with Crippen LogP contribution in [0.15, 0.2) is 30.3 Å². The summed E-state index contributed by atoms with van der Waals surface area (Å²) < 4.78 is 5.88. The average molecular weight is 584 g/mol. The number of aliphatic carboxylic acids is 1. The van der Waals surface area contributed by atoms with Crippen LogP contribution in [0, 0.1) is 5.41 Å². The van der Waals surface area contributed by atoms with Gasteiger partial charge < -0.3 is 25.4 Å². The van der Waals surface area contributed by atoms with Gasteiger partial charge in [-0.2, -0.15) is 5.10 Å². The fraction of sp³-hybridized carbons (Fsp3) is 0.600. The number of H-pyrrole nitrogens is 1. The highest BCUT2D eigenvalue weighted by atomic mass is 28.3. The van der Waals surface area contributed by atoms with E-state index in [1.807, 2.05) is 44.2 Å². The summed E-state index contributed by atoms with van der Waals surface area (Å²) in [7, 11) is -1.75. The van der Waals surface area contributed by atoms with E-state index in [4.69, 9.17) is 4.74 Å². The van der Waals surface area contributed by atoms with Crippen LogP contribution in [0.3, 0.4) is 0 Å². The van der Waals surface area contributed by atoms with E-state index in [9.17, 15) is 19.5 Å². The predicted molar refractivity (Wildman–Crippen MR) is 160 cm³/mol. The first-order valence-electron chi connectivity index (χ1n) is 14.4. The van der Waals surface area contributed by atoms with Gasteiger partial charge in [0.1, 0.15) is 0 Å². The first-order valence-corrected chi connectivity index (χ1v) is 17.9. The van der Waals surface area contributed by atoms with Crippen LogP contribution >= 0.6 is 0 Å². The lowest BCUT2D eigenvalue weighted by Crippen LogP contribution is -2.52. The number of hydrogen-bond acceptors (Lipinski definition) is 5. The van der Waals surface area contributed by atoms with Crippen LogP contribution in [-0.4, -0.2) is 59.4 Å². The number of carboxylic acid groups (broad SMARTS) is 1. The smallest absolute Gasteiger partial charge is 0.319 e. The molecule has 1 saturated carbocycles. The molecule has 2 aliphatic rings. The molecule has 1 unspecified atom stereocenters. The molecule has 11 heteroatoms. The fourth-order valence-electron chi connectivity index (χ4n) is 5.79. The van der Waals surface area contributed by atoms with Crippen molar-refractivity contribution < 1.29 is 24.2 Å². The van der Waals surface area contributed by atoms with Crippen LogP contribution in [0.4, 0.5) is 10.6 Å². The summed E-state index contributed by atoms with van der Waals surface area (Å²) in [5.41, 5.74) is 0.942. The summed E-state index contributed by atoms with van der Waals surface area (Å²) in [5, 5.41) is 22.9. The molecule has 1 aliphatic carbocycles. The quantitative estimate of drug-likeness (QED) is 0.200. The Labute approximate surface area is 243 Å². The van der Waals surface area contributed by atoms with Gasteiger partial charge in [0.05, 0.1) is 43.9 Å². The van der Waals surface area contributed by atoms with E-state index < -0.39 is 31.0 Å². The monoisotopic (exact) mass is 583 g/mol. The minimum Gasteiger partial charge on any atom is -0.481 e. The Kier molecular flexibility index (Phi) is 8.44. The average Bonchev–Trinajstić information content (AvgIpc) is 3.37. The van der Waals surface area contributed by atoms with Crippen molar-refractivity contribution in [3.05, 3.63) is 47.2 Å². The Morgan fingerprint density at radius 2 is 1.83 bits per heavy atom. The molecule has 0 radical (unpaired) electrons. The zero-order chi connectivity index (χ0) is 30.2. The maximum absolute atomic E-state index is 13.7. The van der Waals surface area contributed by atoms with Crippen LogP contribution in [0.25, 0.3) is 0 Å². The van der Waals surface area contributed by atoms with Crippen LogP contribution < -0.4 is 10.6 Å². The molecule has 41 heavy (non-hydrogen) atoms. The van der Waals surface area contributed by atoms with E-state index in [1.54, 1.807) is 18.7 Å². The fourth-order valence-corrected chi connectivity index (χ4v) is 8.39. The number of hydrogen-bond donors (Lipinski definition) is 4. The summed E-state index contributed by atoms with van der Waals surface area (Å²) in [5.74, 6) is -0.325. The van der Waals surface area contributed by atoms with Gasteiger partial charge >= 0.3 is 12.0 Å². The van der Waals surface area contributed by atoms with Crippen molar-refractivity contribution >= 4 is 31.8 Å². The third-order valence-electron chi connectivity index (χ3n) is 9.26. The number of aromatic amines is 1. The molecule has 1 aromatic heterocycles. The molecular formula is C30H45N5O5Si. The molecule has 1 aromatic carbocycles. The van der Waals surface area contributed by atoms with Crippen LogP contribution in [-0.2, 0) is 26.4 Å². The molecule has 1 fully saturated rings. The van der Waals surface area contributed by atoms with Gasteiger partial charge in [0, 0.05) is 17.2 Å². The van der Waals surface area contributed by atoms with Crippen molar-refractivity contribution in [2.24, 2.45) is 5.41 Å². The number of urea groups is 1. The van der Waals surface area contributed by atoms with Crippen molar-refractivity contribution in [3.63, 3.8) is 0 Å². The lowest BCUT2D eigenvalue weighted by atomic mass is 9.83. The van der Waals surface area contributed by atoms with Crippen LogP contribution in [0.2, 0.25) is 24.7 Å². The third kappa shape index (κ3) is 5.92. The second kappa shape index (κ2) is 11.2. The number of carbonyl (C=O) groups excluding carboxylic acids is 2. The largest absolute Gasteiger partial charge is 0.481 e. The number of nitrogens with one attached hydrogen (secondary N) is 3. The highest BCUT2D eigenvalue weighted by molar-refractivity contribution is 6.83. The predicted octanol–water partition coefficient (Wildman–Crippen LogP) is 5.63. The molecule has 3 amide bonds. The van der Waals surface area contributed by atoms with E-state index in [1.165, 1.54) is 0 Å². The van der Waals surface area contributed by atoms with Crippen LogP contribution in [0.5, 0.6) is 0 Å². The van der Waals surface area contributed by atoms with E-state index in [0.717, 1.165) is 36.1 Å². The molecule has 2 aromatic rings. The molecular weight excluding hydrogens is 538 g/mol. The maximum atomic E-state index is 13.7. The highest BCUT2D eigenvalue weighted by Crippen LogP contribution is 2.56. The van der Waals surface area contributed by atoms with Crippen molar-refractivity contribution in [1.29, 1.82) is 0 Å². The van der Waals surface area contributed by atoms with E-state index in [0.29, 0.717) is 18.8 Å². The number of rotatable bonds is 11. The Morgan fingerprint density at radius 1 is 1.17 bits per heavy atom. The topological polar surface area (TPSA) is 137 Å². The summed E-state index contributed by atoms with van der Waals surface area (Å²) in [6.07, 6.45) is 3.25. The van der Waals surface area contributed by atoms with Gasteiger partial charge in [0.15, 0.2) is 5.82 Å². The first-order chi connectivity index (χ1) is 19.1. The van der Waals surface area contributed by atoms with Gasteiger partial charge in [-0.3, -0.25) is 14.7 Å². The Balaban J connectivity index is 1.46. The Hall–Kier alpha value is -3.18. The summed E-state index contributed by atoms with van der Waals surface area (Å²) in [4.78, 5) is 40.4. The van der Waals surface area contributed by atoms with Gasteiger partial charge in [-0.25, -0.2) is 4.79 Å². The molecule has 1 atom stereocenters. The third-order valence-corrected chi connectivity index (χ3v) is 12.9. The minimum absolute atomic E-state index is 0.0466. The normalized spacial score (nSPS) is 18.3. The standard InChI is InChI=1S/C30H45N5O5Si/c1-28(2,26(37)38)16-17-40-19-22(20-12-9-8-10-13-20)31-27(39)35-18-21-23(29(35,3)4)33-34-24(21)32-25(36)30(14-11-15-30)41(5,6)7/h8-10,12-13,22H,11,14-19H2,1-7H3,(H,31,39)(H,37,38)(H2,32,33,34,36). The number of nitrogens with zero attached hydrogens (tertiary/aromatic N) is 2.